The summed E-state index contributed by atoms with van der Waals surface area (Å²) in [5.41, 5.74) is 0.409. The van der Waals surface area contributed by atoms with Gasteiger partial charge < -0.3 is 0 Å². The van der Waals surface area contributed by atoms with E-state index in [4.69, 9.17) is 23.2 Å². The maximum absolute atomic E-state index is 12.6. The van der Waals surface area contributed by atoms with Gasteiger partial charge in [-0.25, -0.2) is 0 Å². The van der Waals surface area contributed by atoms with Crippen molar-refractivity contribution in [3.05, 3.63) is 83.1 Å². The molecule has 134 valence electrons. The molecule has 0 saturated heterocycles. The van der Waals surface area contributed by atoms with Gasteiger partial charge in [0.1, 0.15) is 0 Å². The Labute approximate surface area is 165 Å². The Kier molecular flexibility index (Phi) is 4.39. The second-order valence-corrected chi connectivity index (χ2v) is 7.34. The molecule has 2 heterocycles. The highest BCUT2D eigenvalue weighted by molar-refractivity contribution is 7.15. The van der Waals surface area contributed by atoms with E-state index in [1.807, 2.05) is 0 Å². The molecule has 2 aromatic carbocycles. The van der Waals surface area contributed by atoms with Crippen molar-refractivity contribution in [2.24, 2.45) is 0 Å². The van der Waals surface area contributed by atoms with Crippen molar-refractivity contribution in [3.63, 3.8) is 0 Å². The summed E-state index contributed by atoms with van der Waals surface area (Å²) in [6.45, 7) is 0. The lowest BCUT2D eigenvalue weighted by molar-refractivity contribution is -0.385. The summed E-state index contributed by atoms with van der Waals surface area (Å²) < 4.78 is 1.46. The van der Waals surface area contributed by atoms with Crippen LogP contribution in [0.5, 0.6) is 0 Å². The van der Waals surface area contributed by atoms with Crippen LogP contribution >= 0.6 is 34.5 Å². The lowest BCUT2D eigenvalue weighted by Gasteiger charge is -1.99. The molecule has 4 rings (SSSR count). The van der Waals surface area contributed by atoms with E-state index in [1.54, 1.807) is 36.4 Å². The number of para-hydroxylation sites is 1. The predicted octanol–water partition coefficient (Wildman–Crippen LogP) is 3.58. The molecule has 0 bridgehead atoms. The van der Waals surface area contributed by atoms with Gasteiger partial charge in [0.25, 0.3) is 11.2 Å². The lowest BCUT2D eigenvalue weighted by Crippen LogP contribution is -2.23. The van der Waals surface area contributed by atoms with Crippen molar-refractivity contribution in [1.29, 1.82) is 0 Å². The summed E-state index contributed by atoms with van der Waals surface area (Å²) in [5.74, 6) is 0.303. The molecule has 0 saturated carbocycles. The van der Waals surface area contributed by atoms with Crippen LogP contribution in [0.25, 0.3) is 22.4 Å². The standard InChI is InChI=1S/C17H8Cl2N4O3S/c18-10-5-6-11(12(19)8-10)15-20-17-22(21-15)16(24)14(27-17)7-9-3-1-2-4-13(9)23(25)26/h1-8H/b14-7-. The fourth-order valence-electron chi connectivity index (χ4n) is 2.54. The number of thiazole rings is 1. The van der Waals surface area contributed by atoms with E-state index in [-0.39, 0.29) is 5.69 Å². The lowest BCUT2D eigenvalue weighted by atomic mass is 10.2. The molecule has 0 N–H and O–H groups in total. The fraction of sp³-hybridized carbons (Fsp3) is 0. The maximum atomic E-state index is 12.6. The second-order valence-electron chi connectivity index (χ2n) is 5.49. The van der Waals surface area contributed by atoms with Crippen molar-refractivity contribution in [1.82, 2.24) is 14.6 Å². The van der Waals surface area contributed by atoms with Crippen molar-refractivity contribution >= 4 is 51.3 Å². The van der Waals surface area contributed by atoms with Crippen LogP contribution in [-0.4, -0.2) is 19.5 Å². The van der Waals surface area contributed by atoms with E-state index < -0.39 is 10.5 Å². The largest absolute Gasteiger partial charge is 0.291 e. The van der Waals surface area contributed by atoms with Crippen LogP contribution in [0.1, 0.15) is 5.56 Å². The van der Waals surface area contributed by atoms with Crippen LogP contribution in [0.2, 0.25) is 10.0 Å². The summed E-state index contributed by atoms with van der Waals surface area (Å²) >= 11 is 13.1. The molecule has 0 fully saturated rings. The Morgan fingerprint density at radius 2 is 1.96 bits per heavy atom. The fourth-order valence-corrected chi connectivity index (χ4v) is 3.93. The number of benzene rings is 2. The first-order valence-electron chi connectivity index (χ1n) is 7.54. The monoisotopic (exact) mass is 418 g/mol. The quantitative estimate of drug-likeness (QED) is 0.374. The molecule has 4 aromatic rings. The van der Waals surface area contributed by atoms with Crippen LogP contribution in [0.4, 0.5) is 5.69 Å². The third kappa shape index (κ3) is 3.18. The zero-order valence-electron chi connectivity index (χ0n) is 13.3. The average molecular weight is 419 g/mol. The number of hydrogen-bond donors (Lipinski definition) is 0. The molecule has 0 unspecified atom stereocenters. The van der Waals surface area contributed by atoms with Crippen LogP contribution in [0, 0.1) is 10.1 Å². The molecule has 0 spiro atoms. The topological polar surface area (TPSA) is 90.4 Å². The second kappa shape index (κ2) is 6.73. The molecular weight excluding hydrogens is 411 g/mol. The van der Waals surface area contributed by atoms with Gasteiger partial charge in [0.05, 0.1) is 20.0 Å². The summed E-state index contributed by atoms with van der Waals surface area (Å²) in [6, 6.07) is 11.1. The van der Waals surface area contributed by atoms with Gasteiger partial charge in [-0.15, -0.1) is 5.10 Å². The van der Waals surface area contributed by atoms with Crippen molar-refractivity contribution in [3.8, 4) is 11.4 Å². The molecule has 0 amide bonds. The first kappa shape index (κ1) is 17.6. The maximum Gasteiger partial charge on any atom is 0.291 e. The minimum absolute atomic E-state index is 0.0791. The first-order chi connectivity index (χ1) is 12.9. The van der Waals surface area contributed by atoms with E-state index >= 15 is 0 Å². The zero-order chi connectivity index (χ0) is 19.1. The van der Waals surface area contributed by atoms with Crippen molar-refractivity contribution in [2.45, 2.75) is 0 Å². The molecule has 0 radical (unpaired) electrons. The van der Waals surface area contributed by atoms with Gasteiger partial charge in [0.2, 0.25) is 4.96 Å². The molecule has 0 aliphatic carbocycles. The van der Waals surface area contributed by atoms with Gasteiger partial charge in [0.15, 0.2) is 5.82 Å². The normalized spacial score (nSPS) is 12.0. The van der Waals surface area contributed by atoms with Crippen LogP contribution in [0.3, 0.4) is 0 Å². The zero-order valence-corrected chi connectivity index (χ0v) is 15.6. The molecule has 2 aromatic heterocycles. The number of nitro benzene ring substituents is 1. The van der Waals surface area contributed by atoms with Gasteiger partial charge in [0, 0.05) is 16.7 Å². The molecule has 27 heavy (non-hydrogen) atoms. The van der Waals surface area contributed by atoms with Gasteiger partial charge in [-0.3, -0.25) is 14.9 Å². The van der Waals surface area contributed by atoms with E-state index in [0.29, 0.717) is 36.5 Å². The number of fused-ring (bicyclic) bond motifs is 1. The third-order valence-electron chi connectivity index (χ3n) is 3.77. The van der Waals surface area contributed by atoms with E-state index in [0.717, 1.165) is 15.9 Å². The van der Waals surface area contributed by atoms with Gasteiger partial charge in [-0.2, -0.15) is 9.50 Å². The molecule has 7 nitrogen and oxygen atoms in total. The third-order valence-corrected chi connectivity index (χ3v) is 5.28. The van der Waals surface area contributed by atoms with E-state index in [2.05, 4.69) is 10.1 Å². The van der Waals surface area contributed by atoms with Crippen LogP contribution in [-0.2, 0) is 0 Å². The van der Waals surface area contributed by atoms with E-state index in [9.17, 15) is 14.9 Å². The summed E-state index contributed by atoms with van der Waals surface area (Å²) in [7, 11) is 0. The molecular formula is C17H8Cl2N4O3S. The summed E-state index contributed by atoms with van der Waals surface area (Å²) in [5, 5.41) is 16.2. The molecule has 0 atom stereocenters. The SMILES string of the molecule is O=c1/c(=C/c2ccccc2[N+](=O)[O-])sc2nc(-c3ccc(Cl)cc3Cl)nn12. The average Bonchev–Trinajstić information content (AvgIpc) is 3.15. The van der Waals surface area contributed by atoms with Gasteiger partial charge in [-0.1, -0.05) is 46.7 Å². The van der Waals surface area contributed by atoms with Gasteiger partial charge in [-0.05, 0) is 30.3 Å². The number of halogens is 2. The number of aromatic nitrogens is 3. The molecule has 10 heteroatoms. The number of nitrogens with zero attached hydrogens (tertiary/aromatic N) is 4. The van der Waals surface area contributed by atoms with Gasteiger partial charge >= 0.3 is 0 Å². The van der Waals surface area contributed by atoms with Crippen molar-refractivity contribution in [2.75, 3.05) is 0 Å². The highest BCUT2D eigenvalue weighted by Gasteiger charge is 2.16. The summed E-state index contributed by atoms with van der Waals surface area (Å²) in [4.78, 5) is 28.0. The van der Waals surface area contributed by atoms with Crippen LogP contribution < -0.4 is 10.1 Å². The highest BCUT2D eigenvalue weighted by atomic mass is 35.5. The smallest absolute Gasteiger partial charge is 0.266 e. The van der Waals surface area contributed by atoms with Crippen LogP contribution in [0.15, 0.2) is 47.3 Å². The Balaban J connectivity index is 1.85. The molecule has 0 aliphatic heterocycles. The molecule has 0 aliphatic rings. The number of hydrogen-bond acceptors (Lipinski definition) is 6. The minimum atomic E-state index is -0.492. The Bertz CT molecular complexity index is 1320. The Hall–Kier alpha value is -2.81. The first-order valence-corrected chi connectivity index (χ1v) is 9.11. The highest BCUT2D eigenvalue weighted by Crippen LogP contribution is 2.28. The Morgan fingerprint density at radius 1 is 1.19 bits per heavy atom. The predicted molar refractivity (Wildman–Crippen MR) is 104 cm³/mol. The van der Waals surface area contributed by atoms with E-state index in [1.165, 1.54) is 12.1 Å². The van der Waals surface area contributed by atoms with Crippen molar-refractivity contribution < 1.29 is 4.92 Å². The summed E-state index contributed by atoms with van der Waals surface area (Å²) in [6.07, 6.45) is 1.47. The number of nitro groups is 1. The Morgan fingerprint density at radius 3 is 2.67 bits per heavy atom. The minimum Gasteiger partial charge on any atom is -0.266 e. The number of rotatable bonds is 3.